The van der Waals surface area contributed by atoms with Crippen LogP contribution in [0.2, 0.25) is 0 Å². The Morgan fingerprint density at radius 2 is 2.21 bits per heavy atom. The van der Waals surface area contributed by atoms with Crippen molar-refractivity contribution < 1.29 is 9.21 Å². The quantitative estimate of drug-likeness (QED) is 0.876. The van der Waals surface area contributed by atoms with Gasteiger partial charge in [-0.05, 0) is 33.2 Å². The van der Waals surface area contributed by atoms with Crippen molar-refractivity contribution in [2.75, 3.05) is 33.7 Å². The fourth-order valence-electron chi connectivity index (χ4n) is 2.37. The SMILES string of the molecule is Cc1ccc(CNC(=O)CC2CN(C)CCN2C)o1. The maximum atomic E-state index is 11.9. The molecule has 1 aliphatic heterocycles. The van der Waals surface area contributed by atoms with Gasteiger partial charge in [-0.1, -0.05) is 0 Å². The minimum Gasteiger partial charge on any atom is -0.465 e. The molecule has 1 unspecified atom stereocenters. The molecule has 1 amide bonds. The Bertz CT molecular complexity index is 430. The van der Waals surface area contributed by atoms with E-state index < -0.39 is 0 Å². The normalized spacial score (nSPS) is 21.5. The molecule has 1 saturated heterocycles. The van der Waals surface area contributed by atoms with Crippen LogP contribution in [0.3, 0.4) is 0 Å². The molecule has 1 N–H and O–H groups in total. The molecular weight excluding hydrogens is 242 g/mol. The summed E-state index contributed by atoms with van der Waals surface area (Å²) in [6.07, 6.45) is 0.542. The van der Waals surface area contributed by atoms with Gasteiger partial charge >= 0.3 is 0 Å². The van der Waals surface area contributed by atoms with Crippen LogP contribution in [-0.2, 0) is 11.3 Å². The van der Waals surface area contributed by atoms with Crippen LogP contribution in [0, 0.1) is 6.92 Å². The molecule has 1 atom stereocenters. The highest BCUT2D eigenvalue weighted by atomic mass is 16.3. The lowest BCUT2D eigenvalue weighted by molar-refractivity contribution is -0.123. The van der Waals surface area contributed by atoms with Gasteiger partial charge in [-0.2, -0.15) is 0 Å². The number of piperazine rings is 1. The summed E-state index contributed by atoms with van der Waals surface area (Å²) in [7, 11) is 4.18. The molecule has 1 aromatic heterocycles. The number of furan rings is 1. The highest BCUT2D eigenvalue weighted by molar-refractivity contribution is 5.76. The molecule has 0 spiro atoms. The Morgan fingerprint density at radius 3 is 2.89 bits per heavy atom. The second-order valence-corrected chi connectivity index (χ2v) is 5.39. The zero-order chi connectivity index (χ0) is 13.8. The summed E-state index contributed by atoms with van der Waals surface area (Å²) in [6.45, 7) is 5.41. The van der Waals surface area contributed by atoms with Gasteiger partial charge in [0, 0.05) is 32.1 Å². The molecule has 5 heteroatoms. The number of rotatable bonds is 4. The molecule has 0 aromatic carbocycles. The van der Waals surface area contributed by atoms with Crippen LogP contribution < -0.4 is 5.32 Å². The largest absolute Gasteiger partial charge is 0.465 e. The zero-order valence-corrected chi connectivity index (χ0v) is 12.0. The van der Waals surface area contributed by atoms with E-state index in [4.69, 9.17) is 4.42 Å². The summed E-state index contributed by atoms with van der Waals surface area (Å²) in [4.78, 5) is 16.5. The molecule has 0 radical (unpaired) electrons. The fraction of sp³-hybridized carbons (Fsp3) is 0.643. The molecule has 5 nitrogen and oxygen atoms in total. The number of nitrogens with one attached hydrogen (secondary N) is 1. The highest BCUT2D eigenvalue weighted by Gasteiger charge is 2.24. The maximum Gasteiger partial charge on any atom is 0.221 e. The van der Waals surface area contributed by atoms with Gasteiger partial charge in [0.25, 0.3) is 0 Å². The maximum absolute atomic E-state index is 11.9. The van der Waals surface area contributed by atoms with Crippen molar-refractivity contribution in [3.63, 3.8) is 0 Å². The number of hydrogen-bond donors (Lipinski definition) is 1. The summed E-state index contributed by atoms with van der Waals surface area (Å²) in [5.41, 5.74) is 0. The molecule has 2 heterocycles. The molecule has 2 rings (SSSR count). The average Bonchev–Trinajstić information content (AvgIpc) is 2.77. The van der Waals surface area contributed by atoms with E-state index in [0.29, 0.717) is 19.0 Å². The van der Waals surface area contributed by atoms with Gasteiger partial charge in [0.15, 0.2) is 0 Å². The van der Waals surface area contributed by atoms with E-state index in [9.17, 15) is 4.79 Å². The molecule has 1 aromatic rings. The lowest BCUT2D eigenvalue weighted by Crippen LogP contribution is -2.51. The van der Waals surface area contributed by atoms with Gasteiger partial charge < -0.3 is 19.5 Å². The third-order valence-electron chi connectivity index (χ3n) is 3.66. The average molecular weight is 265 g/mol. The summed E-state index contributed by atoms with van der Waals surface area (Å²) < 4.78 is 5.43. The Labute approximate surface area is 114 Å². The predicted octanol–water partition coefficient (Wildman–Crippen LogP) is 0.840. The molecule has 19 heavy (non-hydrogen) atoms. The number of hydrogen-bond acceptors (Lipinski definition) is 4. The van der Waals surface area contributed by atoms with Crippen LogP contribution in [0.1, 0.15) is 17.9 Å². The predicted molar refractivity (Wildman–Crippen MR) is 73.8 cm³/mol. The Balaban J connectivity index is 1.77. The summed E-state index contributed by atoms with van der Waals surface area (Å²) >= 11 is 0. The van der Waals surface area contributed by atoms with E-state index in [1.165, 1.54) is 0 Å². The van der Waals surface area contributed by atoms with Crippen molar-refractivity contribution >= 4 is 5.91 Å². The molecule has 106 valence electrons. The molecular formula is C14H23N3O2. The van der Waals surface area contributed by atoms with Gasteiger partial charge in [-0.3, -0.25) is 4.79 Å². The van der Waals surface area contributed by atoms with Gasteiger partial charge in [-0.15, -0.1) is 0 Å². The first-order valence-electron chi connectivity index (χ1n) is 6.75. The minimum atomic E-state index is 0.0844. The standard InChI is InChI=1S/C14H23N3O2/c1-11-4-5-13(19-11)9-15-14(18)8-12-10-16(2)6-7-17(12)3/h4-5,12H,6-10H2,1-3H3,(H,15,18). The van der Waals surface area contributed by atoms with Gasteiger partial charge in [0.1, 0.15) is 11.5 Å². The highest BCUT2D eigenvalue weighted by Crippen LogP contribution is 2.10. The first-order chi connectivity index (χ1) is 9.04. The number of carbonyl (C=O) groups excluding carboxylic acids is 1. The summed E-state index contributed by atoms with van der Waals surface area (Å²) in [5, 5.41) is 2.92. The van der Waals surface area contributed by atoms with Gasteiger partial charge in [0.2, 0.25) is 5.91 Å². The van der Waals surface area contributed by atoms with Crippen molar-refractivity contribution in [1.29, 1.82) is 0 Å². The van der Waals surface area contributed by atoms with Crippen molar-refractivity contribution in [2.45, 2.75) is 25.9 Å². The lowest BCUT2D eigenvalue weighted by atomic mass is 10.1. The molecule has 0 aliphatic carbocycles. The third kappa shape index (κ3) is 4.08. The monoisotopic (exact) mass is 265 g/mol. The van der Waals surface area contributed by atoms with E-state index in [-0.39, 0.29) is 5.91 Å². The number of likely N-dealkylation sites (N-methyl/N-ethyl adjacent to an activating group) is 2. The van der Waals surface area contributed by atoms with E-state index >= 15 is 0 Å². The first-order valence-corrected chi connectivity index (χ1v) is 6.75. The first kappa shape index (κ1) is 14.1. The second kappa shape index (κ2) is 6.21. The Hall–Kier alpha value is -1.33. The molecule has 1 fully saturated rings. The van der Waals surface area contributed by atoms with Crippen LogP contribution in [0.25, 0.3) is 0 Å². The molecule has 0 bridgehead atoms. The number of carbonyl (C=O) groups is 1. The van der Waals surface area contributed by atoms with E-state index in [0.717, 1.165) is 31.2 Å². The van der Waals surface area contributed by atoms with Crippen LogP contribution in [-0.4, -0.2) is 55.5 Å². The van der Waals surface area contributed by atoms with E-state index in [1.807, 2.05) is 19.1 Å². The van der Waals surface area contributed by atoms with Crippen molar-refractivity contribution in [1.82, 2.24) is 15.1 Å². The number of aryl methyl sites for hydroxylation is 1. The van der Waals surface area contributed by atoms with Crippen molar-refractivity contribution in [2.24, 2.45) is 0 Å². The van der Waals surface area contributed by atoms with E-state index in [1.54, 1.807) is 0 Å². The third-order valence-corrected chi connectivity index (χ3v) is 3.66. The second-order valence-electron chi connectivity index (χ2n) is 5.39. The van der Waals surface area contributed by atoms with Gasteiger partial charge in [0.05, 0.1) is 6.54 Å². The summed E-state index contributed by atoms with van der Waals surface area (Å²) in [6, 6.07) is 4.11. The fourth-order valence-corrected chi connectivity index (χ4v) is 2.37. The topological polar surface area (TPSA) is 48.7 Å². The van der Waals surface area contributed by atoms with Crippen LogP contribution in [0.4, 0.5) is 0 Å². The Morgan fingerprint density at radius 1 is 1.42 bits per heavy atom. The summed E-state index contributed by atoms with van der Waals surface area (Å²) in [5.74, 6) is 1.76. The Kier molecular flexibility index (Phi) is 4.61. The number of amides is 1. The van der Waals surface area contributed by atoms with Crippen LogP contribution in [0.15, 0.2) is 16.5 Å². The van der Waals surface area contributed by atoms with Gasteiger partial charge in [-0.25, -0.2) is 0 Å². The zero-order valence-electron chi connectivity index (χ0n) is 12.0. The van der Waals surface area contributed by atoms with Crippen molar-refractivity contribution in [3.8, 4) is 0 Å². The van der Waals surface area contributed by atoms with Crippen LogP contribution >= 0.6 is 0 Å². The number of nitrogens with zero attached hydrogens (tertiary/aromatic N) is 2. The minimum absolute atomic E-state index is 0.0844. The van der Waals surface area contributed by atoms with Crippen LogP contribution in [0.5, 0.6) is 0 Å². The lowest BCUT2D eigenvalue weighted by Gasteiger charge is -2.37. The van der Waals surface area contributed by atoms with E-state index in [2.05, 4.69) is 29.2 Å². The molecule has 1 aliphatic rings. The smallest absolute Gasteiger partial charge is 0.221 e. The molecule has 0 saturated carbocycles. The van der Waals surface area contributed by atoms with Crippen molar-refractivity contribution in [3.05, 3.63) is 23.7 Å².